The molecular formula is C21H23N3O6. The van der Waals surface area contributed by atoms with Gasteiger partial charge in [-0.3, -0.25) is 14.9 Å². The Kier molecular flexibility index (Phi) is 5.64. The fourth-order valence-corrected chi connectivity index (χ4v) is 2.83. The van der Waals surface area contributed by atoms with Gasteiger partial charge < -0.3 is 19.2 Å². The van der Waals surface area contributed by atoms with E-state index in [1.54, 1.807) is 25.1 Å². The average Bonchev–Trinajstić information content (AvgIpc) is 3.11. The maximum absolute atomic E-state index is 12.8. The van der Waals surface area contributed by atoms with E-state index in [1.807, 2.05) is 20.8 Å². The highest BCUT2D eigenvalue weighted by atomic mass is 16.6. The molecule has 9 nitrogen and oxygen atoms in total. The Bertz CT molecular complexity index is 1110. The van der Waals surface area contributed by atoms with Crippen molar-refractivity contribution in [2.45, 2.75) is 33.1 Å². The van der Waals surface area contributed by atoms with Gasteiger partial charge in [0, 0.05) is 17.2 Å². The van der Waals surface area contributed by atoms with Gasteiger partial charge in [-0.1, -0.05) is 20.8 Å². The minimum atomic E-state index is -0.649. The van der Waals surface area contributed by atoms with Crippen LogP contribution in [0.25, 0.3) is 11.1 Å². The standard InChI is InChI=1S/C21H23N3O6/c1-6-29-18-10-13(15(24(26)27)11-17(18)28-5)19(25)22-12-7-8-16-14(9-12)23-20(30-16)21(2,3)4/h7-11H,6H2,1-5H3,(H,22,25). The second-order valence-electron chi connectivity index (χ2n) is 7.62. The summed E-state index contributed by atoms with van der Waals surface area (Å²) >= 11 is 0. The predicted octanol–water partition coefficient (Wildman–Crippen LogP) is 4.69. The van der Waals surface area contributed by atoms with Crippen molar-refractivity contribution in [3.05, 3.63) is 51.9 Å². The number of rotatable bonds is 6. The number of oxazole rings is 1. The summed E-state index contributed by atoms with van der Waals surface area (Å²) in [6.07, 6.45) is 0. The Balaban J connectivity index is 1.96. The van der Waals surface area contributed by atoms with E-state index in [0.29, 0.717) is 29.3 Å². The van der Waals surface area contributed by atoms with E-state index in [-0.39, 0.29) is 28.2 Å². The molecule has 3 rings (SSSR count). The monoisotopic (exact) mass is 413 g/mol. The van der Waals surface area contributed by atoms with Gasteiger partial charge in [0.25, 0.3) is 11.6 Å². The van der Waals surface area contributed by atoms with Gasteiger partial charge in [-0.2, -0.15) is 0 Å². The van der Waals surface area contributed by atoms with Crippen LogP contribution in [-0.4, -0.2) is 29.5 Å². The lowest BCUT2D eigenvalue weighted by atomic mass is 9.97. The highest BCUT2D eigenvalue weighted by Crippen LogP contribution is 2.35. The third-order valence-electron chi connectivity index (χ3n) is 4.31. The number of hydrogen-bond acceptors (Lipinski definition) is 7. The summed E-state index contributed by atoms with van der Waals surface area (Å²) in [5, 5.41) is 14.2. The van der Waals surface area contributed by atoms with Gasteiger partial charge in [-0.25, -0.2) is 4.98 Å². The Morgan fingerprint density at radius 2 is 1.97 bits per heavy atom. The third kappa shape index (κ3) is 4.19. The molecule has 0 aliphatic carbocycles. The number of hydrogen-bond donors (Lipinski definition) is 1. The summed E-state index contributed by atoms with van der Waals surface area (Å²) in [5.41, 5.74) is 0.820. The Labute approximate surface area is 173 Å². The molecule has 0 aliphatic rings. The van der Waals surface area contributed by atoms with E-state index in [0.717, 1.165) is 0 Å². The van der Waals surface area contributed by atoms with Crippen LogP contribution in [-0.2, 0) is 5.41 Å². The second kappa shape index (κ2) is 8.02. The lowest BCUT2D eigenvalue weighted by Crippen LogP contribution is -2.14. The molecule has 1 N–H and O–H groups in total. The summed E-state index contributed by atoms with van der Waals surface area (Å²) < 4.78 is 16.3. The maximum Gasteiger partial charge on any atom is 0.286 e. The molecule has 3 aromatic rings. The smallest absolute Gasteiger partial charge is 0.286 e. The van der Waals surface area contributed by atoms with E-state index in [2.05, 4.69) is 10.3 Å². The van der Waals surface area contributed by atoms with Gasteiger partial charge >= 0.3 is 0 Å². The number of nitro benzene ring substituents is 1. The van der Waals surface area contributed by atoms with Crippen molar-refractivity contribution in [1.29, 1.82) is 0 Å². The van der Waals surface area contributed by atoms with Crippen LogP contribution in [0.2, 0.25) is 0 Å². The van der Waals surface area contributed by atoms with Crippen molar-refractivity contribution >= 4 is 28.4 Å². The molecule has 1 aromatic heterocycles. The van der Waals surface area contributed by atoms with E-state index in [1.165, 1.54) is 19.2 Å². The topological polar surface area (TPSA) is 117 Å². The number of benzene rings is 2. The number of amides is 1. The molecule has 0 fully saturated rings. The molecule has 0 bridgehead atoms. The number of methoxy groups -OCH3 is 1. The lowest BCUT2D eigenvalue weighted by molar-refractivity contribution is -0.385. The SMILES string of the molecule is CCOc1cc(C(=O)Nc2ccc3oc(C(C)(C)C)nc3c2)c([N+](=O)[O-])cc1OC. The van der Waals surface area contributed by atoms with Crippen LogP contribution < -0.4 is 14.8 Å². The van der Waals surface area contributed by atoms with E-state index >= 15 is 0 Å². The van der Waals surface area contributed by atoms with Crippen LogP contribution in [0.3, 0.4) is 0 Å². The van der Waals surface area contributed by atoms with Crippen LogP contribution in [0.1, 0.15) is 43.9 Å². The predicted molar refractivity (Wildman–Crippen MR) is 111 cm³/mol. The molecule has 1 heterocycles. The van der Waals surface area contributed by atoms with Gasteiger partial charge in [0.1, 0.15) is 11.1 Å². The largest absolute Gasteiger partial charge is 0.493 e. The molecule has 1 amide bonds. The molecule has 0 saturated heterocycles. The third-order valence-corrected chi connectivity index (χ3v) is 4.31. The van der Waals surface area contributed by atoms with Crippen molar-refractivity contribution in [3.63, 3.8) is 0 Å². The first-order valence-electron chi connectivity index (χ1n) is 9.35. The number of aromatic nitrogens is 1. The number of fused-ring (bicyclic) bond motifs is 1. The first-order chi connectivity index (χ1) is 14.1. The van der Waals surface area contributed by atoms with Crippen LogP contribution in [0.4, 0.5) is 11.4 Å². The molecule has 0 aliphatic heterocycles. The molecule has 0 unspecified atom stereocenters. The number of nitrogens with zero attached hydrogens (tertiary/aromatic N) is 2. The minimum absolute atomic E-state index is 0.139. The van der Waals surface area contributed by atoms with Gasteiger partial charge in [-0.15, -0.1) is 0 Å². The van der Waals surface area contributed by atoms with Crippen molar-refractivity contribution < 1.29 is 23.6 Å². The number of anilines is 1. The van der Waals surface area contributed by atoms with Gasteiger partial charge in [-0.05, 0) is 25.1 Å². The average molecular weight is 413 g/mol. The molecule has 0 radical (unpaired) electrons. The van der Waals surface area contributed by atoms with Gasteiger partial charge in [0.2, 0.25) is 5.89 Å². The number of carbonyl (C=O) groups is 1. The number of nitrogens with one attached hydrogen (secondary N) is 1. The van der Waals surface area contributed by atoms with Crippen LogP contribution in [0, 0.1) is 10.1 Å². The lowest BCUT2D eigenvalue weighted by Gasteiger charge is -2.12. The summed E-state index contributed by atoms with van der Waals surface area (Å²) in [6.45, 7) is 8.03. The molecule has 0 spiro atoms. The van der Waals surface area contributed by atoms with Crippen molar-refractivity contribution in [3.8, 4) is 11.5 Å². The molecular weight excluding hydrogens is 390 g/mol. The number of carbonyl (C=O) groups excluding carboxylic acids is 1. The molecule has 0 atom stereocenters. The quantitative estimate of drug-likeness (QED) is 0.460. The fourth-order valence-electron chi connectivity index (χ4n) is 2.83. The zero-order valence-corrected chi connectivity index (χ0v) is 17.4. The Hall–Kier alpha value is -3.62. The van der Waals surface area contributed by atoms with E-state index in [9.17, 15) is 14.9 Å². The van der Waals surface area contributed by atoms with Crippen molar-refractivity contribution in [2.24, 2.45) is 0 Å². The Morgan fingerprint density at radius 1 is 1.23 bits per heavy atom. The molecule has 0 saturated carbocycles. The van der Waals surface area contributed by atoms with Crippen LogP contribution in [0.5, 0.6) is 11.5 Å². The summed E-state index contributed by atoms with van der Waals surface area (Å²) in [5.74, 6) is 0.355. The van der Waals surface area contributed by atoms with Crippen molar-refractivity contribution in [1.82, 2.24) is 4.98 Å². The van der Waals surface area contributed by atoms with Gasteiger partial charge in [0.05, 0.1) is 24.7 Å². The summed E-state index contributed by atoms with van der Waals surface area (Å²) in [4.78, 5) is 28.2. The second-order valence-corrected chi connectivity index (χ2v) is 7.62. The number of nitro groups is 1. The summed E-state index contributed by atoms with van der Waals surface area (Å²) in [7, 11) is 1.38. The van der Waals surface area contributed by atoms with Crippen molar-refractivity contribution in [2.75, 3.05) is 19.0 Å². The molecule has 158 valence electrons. The normalized spacial score (nSPS) is 11.4. The minimum Gasteiger partial charge on any atom is -0.493 e. The zero-order chi connectivity index (χ0) is 22.1. The van der Waals surface area contributed by atoms with E-state index in [4.69, 9.17) is 13.9 Å². The molecule has 2 aromatic carbocycles. The fraction of sp³-hybridized carbons (Fsp3) is 0.333. The number of ether oxygens (including phenoxy) is 2. The first kappa shape index (κ1) is 21.1. The maximum atomic E-state index is 12.8. The zero-order valence-electron chi connectivity index (χ0n) is 17.4. The molecule has 30 heavy (non-hydrogen) atoms. The first-order valence-corrected chi connectivity index (χ1v) is 9.35. The highest BCUT2D eigenvalue weighted by Gasteiger charge is 2.25. The molecule has 9 heteroatoms. The van der Waals surface area contributed by atoms with Crippen LogP contribution in [0.15, 0.2) is 34.7 Å². The summed E-state index contributed by atoms with van der Waals surface area (Å²) in [6, 6.07) is 7.49. The highest BCUT2D eigenvalue weighted by molar-refractivity contribution is 6.08. The van der Waals surface area contributed by atoms with Crippen LogP contribution >= 0.6 is 0 Å². The van der Waals surface area contributed by atoms with E-state index < -0.39 is 10.8 Å². The van der Waals surface area contributed by atoms with Gasteiger partial charge in [0.15, 0.2) is 17.1 Å². The Morgan fingerprint density at radius 3 is 2.57 bits per heavy atom.